The Kier molecular flexibility index (Phi) is 3.54. The maximum absolute atomic E-state index is 12.8. The van der Waals surface area contributed by atoms with Gasteiger partial charge in [0.05, 0.1) is 11.4 Å². The zero-order valence-corrected chi connectivity index (χ0v) is 13.5. The van der Waals surface area contributed by atoms with E-state index in [9.17, 15) is 8.42 Å². The van der Waals surface area contributed by atoms with Gasteiger partial charge in [-0.15, -0.1) is 0 Å². The average molecular weight is 318 g/mol. The van der Waals surface area contributed by atoms with Crippen LogP contribution in [-0.2, 0) is 16.6 Å². The van der Waals surface area contributed by atoms with E-state index in [1.54, 1.807) is 20.9 Å². The van der Waals surface area contributed by atoms with Crippen molar-refractivity contribution < 1.29 is 8.42 Å². The Morgan fingerprint density at radius 3 is 2.64 bits per heavy atom. The number of benzene rings is 1. The van der Waals surface area contributed by atoms with Crippen LogP contribution in [0.25, 0.3) is 10.9 Å². The molecule has 0 atom stereocenters. The minimum Gasteiger partial charge on any atom is -0.361 e. The summed E-state index contributed by atoms with van der Waals surface area (Å²) >= 11 is 0. The number of rotatable bonds is 4. The van der Waals surface area contributed by atoms with Gasteiger partial charge in [0, 0.05) is 30.7 Å². The molecule has 0 saturated heterocycles. The fourth-order valence-corrected chi connectivity index (χ4v) is 4.14. The van der Waals surface area contributed by atoms with Crippen LogP contribution < -0.4 is 0 Å². The molecule has 0 aliphatic heterocycles. The van der Waals surface area contributed by atoms with Crippen LogP contribution in [0, 0.1) is 13.8 Å². The summed E-state index contributed by atoms with van der Waals surface area (Å²) in [7, 11) is -1.99. The van der Waals surface area contributed by atoms with Crippen molar-refractivity contribution in [3.05, 3.63) is 47.4 Å². The van der Waals surface area contributed by atoms with Crippen LogP contribution in [0.2, 0.25) is 0 Å². The van der Waals surface area contributed by atoms with Crippen molar-refractivity contribution in [3.63, 3.8) is 0 Å². The van der Waals surface area contributed by atoms with Crippen LogP contribution in [0.15, 0.2) is 35.4 Å². The van der Waals surface area contributed by atoms with E-state index in [0.29, 0.717) is 17.9 Å². The van der Waals surface area contributed by atoms with Crippen LogP contribution in [-0.4, -0.2) is 35.0 Å². The Morgan fingerprint density at radius 1 is 1.23 bits per heavy atom. The van der Waals surface area contributed by atoms with Crippen molar-refractivity contribution in [2.45, 2.75) is 25.3 Å². The van der Waals surface area contributed by atoms with Gasteiger partial charge in [-0.05, 0) is 25.5 Å². The molecular formula is C15H18N4O2S. The lowest BCUT2D eigenvalue weighted by atomic mass is 10.2. The molecular weight excluding hydrogens is 300 g/mol. The second-order valence-electron chi connectivity index (χ2n) is 5.38. The first kappa shape index (κ1) is 14.8. The Labute approximate surface area is 129 Å². The van der Waals surface area contributed by atoms with E-state index in [0.717, 1.165) is 16.5 Å². The smallest absolute Gasteiger partial charge is 0.246 e. The number of para-hydroxylation sites is 1. The highest BCUT2D eigenvalue weighted by Crippen LogP contribution is 2.24. The Bertz CT molecular complexity index is 905. The van der Waals surface area contributed by atoms with Gasteiger partial charge >= 0.3 is 0 Å². The van der Waals surface area contributed by atoms with Gasteiger partial charge in [-0.1, -0.05) is 18.2 Å². The van der Waals surface area contributed by atoms with Gasteiger partial charge in [0.1, 0.15) is 4.90 Å². The van der Waals surface area contributed by atoms with Crippen molar-refractivity contribution in [2.75, 3.05) is 7.05 Å². The third-order valence-corrected chi connectivity index (χ3v) is 5.86. The lowest BCUT2D eigenvalue weighted by Gasteiger charge is -2.17. The molecule has 0 bridgehead atoms. The molecule has 0 spiro atoms. The van der Waals surface area contributed by atoms with E-state index < -0.39 is 10.0 Å². The van der Waals surface area contributed by atoms with Crippen LogP contribution in [0.5, 0.6) is 0 Å². The maximum atomic E-state index is 12.8. The van der Waals surface area contributed by atoms with Crippen LogP contribution >= 0.6 is 0 Å². The largest absolute Gasteiger partial charge is 0.361 e. The van der Waals surface area contributed by atoms with Gasteiger partial charge < -0.3 is 4.98 Å². The summed E-state index contributed by atoms with van der Waals surface area (Å²) in [5.41, 5.74) is 2.99. The normalized spacial score (nSPS) is 12.4. The summed E-state index contributed by atoms with van der Waals surface area (Å²) in [6.07, 6.45) is 1.85. The average Bonchev–Trinajstić information content (AvgIpc) is 3.03. The number of fused-ring (bicyclic) bond motifs is 1. The predicted molar refractivity (Wildman–Crippen MR) is 85.0 cm³/mol. The maximum Gasteiger partial charge on any atom is 0.246 e. The molecule has 0 fully saturated rings. The summed E-state index contributed by atoms with van der Waals surface area (Å²) in [6.45, 7) is 3.71. The highest BCUT2D eigenvalue weighted by molar-refractivity contribution is 7.89. The van der Waals surface area contributed by atoms with E-state index in [1.165, 1.54) is 4.31 Å². The number of aromatic nitrogens is 3. The van der Waals surface area contributed by atoms with Crippen molar-refractivity contribution >= 4 is 20.9 Å². The molecule has 0 radical (unpaired) electrons. The van der Waals surface area contributed by atoms with Crippen LogP contribution in [0.4, 0.5) is 0 Å². The fourth-order valence-electron chi connectivity index (χ4n) is 2.66. The molecule has 0 aliphatic carbocycles. The molecule has 0 saturated carbocycles. The summed E-state index contributed by atoms with van der Waals surface area (Å²) in [4.78, 5) is 3.42. The predicted octanol–water partition coefficient (Wildman–Crippen LogP) is 2.33. The molecule has 0 aliphatic rings. The Balaban J connectivity index is 1.96. The van der Waals surface area contributed by atoms with E-state index in [4.69, 9.17) is 0 Å². The molecule has 6 nitrogen and oxygen atoms in total. The summed E-state index contributed by atoms with van der Waals surface area (Å²) in [5.74, 6) is 0. The first-order valence-corrected chi connectivity index (χ1v) is 8.38. The standard InChI is InChI=1S/C15H18N4O2S/c1-10-15(11(2)18-17-10)22(20,21)19(3)9-12-8-16-14-7-5-4-6-13(12)14/h4-8,16H,9H2,1-3H3,(H,17,18). The third-order valence-electron chi connectivity index (χ3n) is 3.80. The molecule has 0 unspecified atom stereocenters. The third kappa shape index (κ3) is 2.32. The second-order valence-corrected chi connectivity index (χ2v) is 7.37. The van der Waals surface area contributed by atoms with E-state index in [2.05, 4.69) is 15.2 Å². The van der Waals surface area contributed by atoms with E-state index >= 15 is 0 Å². The molecule has 3 aromatic rings. The van der Waals surface area contributed by atoms with Crippen molar-refractivity contribution in [1.82, 2.24) is 19.5 Å². The van der Waals surface area contributed by atoms with Gasteiger partial charge in [0.25, 0.3) is 0 Å². The lowest BCUT2D eigenvalue weighted by molar-refractivity contribution is 0.467. The summed E-state index contributed by atoms with van der Waals surface area (Å²) < 4.78 is 26.9. The van der Waals surface area contributed by atoms with E-state index in [1.807, 2.05) is 30.5 Å². The van der Waals surface area contributed by atoms with Gasteiger partial charge in [0.15, 0.2) is 0 Å². The fraction of sp³-hybridized carbons (Fsp3) is 0.267. The molecule has 2 aromatic heterocycles. The van der Waals surface area contributed by atoms with Crippen LogP contribution in [0.1, 0.15) is 17.0 Å². The Morgan fingerprint density at radius 2 is 1.95 bits per heavy atom. The SMILES string of the molecule is Cc1n[nH]c(C)c1S(=O)(=O)N(C)Cc1c[nH]c2ccccc12. The molecule has 2 N–H and O–H groups in total. The molecule has 3 rings (SSSR count). The van der Waals surface area contributed by atoms with Crippen molar-refractivity contribution in [3.8, 4) is 0 Å². The Hall–Kier alpha value is -2.12. The monoisotopic (exact) mass is 318 g/mol. The van der Waals surface area contributed by atoms with Gasteiger partial charge in [-0.3, -0.25) is 5.10 Å². The number of nitrogens with zero attached hydrogens (tertiary/aromatic N) is 2. The van der Waals surface area contributed by atoms with Crippen molar-refractivity contribution in [2.24, 2.45) is 0 Å². The van der Waals surface area contributed by atoms with Crippen LogP contribution in [0.3, 0.4) is 0 Å². The number of aryl methyl sites for hydroxylation is 2. The number of H-pyrrole nitrogens is 2. The highest BCUT2D eigenvalue weighted by Gasteiger charge is 2.27. The molecule has 7 heteroatoms. The second kappa shape index (κ2) is 5.26. The van der Waals surface area contributed by atoms with Crippen molar-refractivity contribution in [1.29, 1.82) is 0 Å². The van der Waals surface area contributed by atoms with E-state index in [-0.39, 0.29) is 4.90 Å². The number of hydrogen-bond acceptors (Lipinski definition) is 3. The zero-order chi connectivity index (χ0) is 15.9. The lowest BCUT2D eigenvalue weighted by Crippen LogP contribution is -2.27. The molecule has 0 amide bonds. The first-order chi connectivity index (χ1) is 10.4. The minimum atomic E-state index is -3.58. The zero-order valence-electron chi connectivity index (χ0n) is 12.7. The summed E-state index contributed by atoms with van der Waals surface area (Å²) in [5, 5.41) is 7.73. The molecule has 22 heavy (non-hydrogen) atoms. The minimum absolute atomic E-state index is 0.259. The topological polar surface area (TPSA) is 81.8 Å². The number of hydrogen-bond donors (Lipinski definition) is 2. The van der Waals surface area contributed by atoms with Gasteiger partial charge in [-0.25, -0.2) is 8.42 Å². The first-order valence-electron chi connectivity index (χ1n) is 6.94. The van der Waals surface area contributed by atoms with Gasteiger partial charge in [0.2, 0.25) is 10.0 Å². The molecule has 116 valence electrons. The quantitative estimate of drug-likeness (QED) is 0.774. The number of nitrogens with one attached hydrogen (secondary N) is 2. The number of sulfonamides is 1. The molecule has 1 aromatic carbocycles. The van der Waals surface area contributed by atoms with Gasteiger partial charge in [-0.2, -0.15) is 9.40 Å². The molecule has 2 heterocycles. The number of aromatic amines is 2. The summed E-state index contributed by atoms with van der Waals surface area (Å²) in [6, 6.07) is 7.84. The highest BCUT2D eigenvalue weighted by atomic mass is 32.2.